The maximum atomic E-state index is 13.0. The van der Waals surface area contributed by atoms with E-state index in [1.54, 1.807) is 6.08 Å². The molecule has 9 heteroatoms. The van der Waals surface area contributed by atoms with Crippen molar-refractivity contribution in [2.24, 2.45) is 0 Å². The molecule has 0 saturated carbocycles. The van der Waals surface area contributed by atoms with Crippen LogP contribution in [0, 0.1) is 0 Å². The minimum absolute atomic E-state index is 0.0356. The molecule has 0 aliphatic rings. The predicted molar refractivity (Wildman–Crippen MR) is 332 cm³/mol. The highest BCUT2D eigenvalue weighted by Crippen LogP contribution is 2.43. The van der Waals surface area contributed by atoms with E-state index < -0.39 is 20.0 Å². The van der Waals surface area contributed by atoms with Crippen molar-refractivity contribution in [3.05, 3.63) is 122 Å². The van der Waals surface area contributed by atoms with E-state index >= 15 is 0 Å². The Labute approximate surface area is 469 Å². The van der Waals surface area contributed by atoms with Crippen molar-refractivity contribution in [1.82, 2.24) is 5.32 Å². The number of amides is 1. The summed E-state index contributed by atoms with van der Waals surface area (Å²) >= 11 is 0. The second-order valence-corrected chi connectivity index (χ2v) is 23.1. The van der Waals surface area contributed by atoms with Crippen LogP contribution in [-0.2, 0) is 18.4 Å². The average molecular weight is 1080 g/mol. The number of phosphoric acid groups is 1. The largest absolute Gasteiger partial charge is 0.472 e. The Kier molecular flexibility index (Phi) is 54.3. The molecule has 0 bridgehead atoms. The second kappa shape index (κ2) is 56.6. The van der Waals surface area contributed by atoms with Gasteiger partial charge in [0.15, 0.2) is 0 Å². The van der Waals surface area contributed by atoms with Crippen LogP contribution < -0.4 is 5.32 Å². The molecule has 8 nitrogen and oxygen atoms in total. The summed E-state index contributed by atoms with van der Waals surface area (Å²) in [6, 6.07) is -0.911. The van der Waals surface area contributed by atoms with E-state index in [0.29, 0.717) is 17.4 Å². The van der Waals surface area contributed by atoms with Gasteiger partial charge in [-0.05, 0) is 96.3 Å². The zero-order chi connectivity index (χ0) is 55.6. The third kappa shape index (κ3) is 58.6. The van der Waals surface area contributed by atoms with Crippen LogP contribution in [0.1, 0.15) is 245 Å². The summed E-state index contributed by atoms with van der Waals surface area (Å²) in [4.78, 5) is 23.3. The van der Waals surface area contributed by atoms with Gasteiger partial charge in [-0.2, -0.15) is 0 Å². The fraction of sp³-hybridized carbons (Fsp3) is 0.687. The van der Waals surface area contributed by atoms with Gasteiger partial charge in [0.25, 0.3) is 0 Å². The molecule has 3 atom stereocenters. The molecule has 0 aromatic carbocycles. The first-order valence-corrected chi connectivity index (χ1v) is 32.4. The Morgan fingerprint density at radius 2 is 0.803 bits per heavy atom. The summed E-state index contributed by atoms with van der Waals surface area (Å²) in [7, 11) is 1.49. The highest BCUT2D eigenvalue weighted by atomic mass is 31.2. The number of allylic oxidation sites excluding steroid dienone is 19. The van der Waals surface area contributed by atoms with Crippen LogP contribution in [-0.4, -0.2) is 73.4 Å². The Morgan fingerprint density at radius 1 is 0.461 bits per heavy atom. The minimum Gasteiger partial charge on any atom is -0.387 e. The van der Waals surface area contributed by atoms with Gasteiger partial charge < -0.3 is 19.8 Å². The molecule has 1 amide bonds. The van der Waals surface area contributed by atoms with Gasteiger partial charge >= 0.3 is 7.82 Å². The number of rotatable bonds is 55. The Morgan fingerprint density at radius 3 is 1.21 bits per heavy atom. The smallest absolute Gasteiger partial charge is 0.387 e. The molecule has 0 spiro atoms. The minimum atomic E-state index is -4.39. The number of likely N-dealkylation sites (N-methyl/N-ethyl adjacent to an activating group) is 1. The monoisotopic (exact) mass is 1080 g/mol. The summed E-state index contributed by atoms with van der Waals surface area (Å²) in [5.41, 5.74) is 0. The molecule has 436 valence electrons. The number of nitrogens with one attached hydrogen (secondary N) is 1. The molecular weight excluding hydrogens is 960 g/mol. The van der Waals surface area contributed by atoms with Gasteiger partial charge in [-0.15, -0.1) is 0 Å². The highest BCUT2D eigenvalue weighted by Gasteiger charge is 2.27. The van der Waals surface area contributed by atoms with Crippen molar-refractivity contribution in [3.63, 3.8) is 0 Å². The Hall–Kier alpha value is -3.10. The standard InChI is InChI=1S/C67H117N2O6P/c1-6-8-10-12-14-16-18-20-22-24-26-28-30-31-32-33-34-35-36-37-39-40-42-44-46-48-50-52-54-56-58-60-66(70)65(64-75-76(72,73)74-63-62-69(3,4)5)68-67(71)61-59-57-55-53-51-49-47-45-43-41-38-29-27-25-23-21-19-17-15-13-11-9-7-2/h9,11,15,17,21,23,27,29,41-44,47,49-50,52-53,55,58,60,65-66,70H,6-8,10,12-14,16,18-20,22,24-26,28,30-40,45-46,48,51,54,56-57,59,61-64H2,1-5H3,(H-,68,71,72,73)/p+1/b11-9-,17-15-,23-21-,29-27-,43-41-,44-42+,49-47-,52-50+,55-53-,60-58+. The second-order valence-electron chi connectivity index (χ2n) is 21.7. The van der Waals surface area contributed by atoms with E-state index in [1.165, 1.54) is 141 Å². The molecule has 0 aliphatic heterocycles. The van der Waals surface area contributed by atoms with Gasteiger partial charge in [-0.25, -0.2) is 4.57 Å². The molecule has 3 N–H and O–H groups in total. The lowest BCUT2D eigenvalue weighted by molar-refractivity contribution is -0.870. The van der Waals surface area contributed by atoms with Gasteiger partial charge in [-0.3, -0.25) is 13.8 Å². The first-order valence-electron chi connectivity index (χ1n) is 30.9. The molecule has 0 aliphatic carbocycles. The summed E-state index contributed by atoms with van der Waals surface area (Å²) in [6.07, 6.45) is 84.8. The number of carbonyl (C=O) groups is 1. The average Bonchev–Trinajstić information content (AvgIpc) is 3.38. The number of carbonyl (C=O) groups excluding carboxylic acids is 1. The maximum Gasteiger partial charge on any atom is 0.472 e. The van der Waals surface area contributed by atoms with Crippen molar-refractivity contribution in [3.8, 4) is 0 Å². The number of hydrogen-bond donors (Lipinski definition) is 3. The van der Waals surface area contributed by atoms with E-state index in [-0.39, 0.29) is 25.5 Å². The quantitative estimate of drug-likeness (QED) is 0.0243. The van der Waals surface area contributed by atoms with Crippen molar-refractivity contribution in [1.29, 1.82) is 0 Å². The lowest BCUT2D eigenvalue weighted by atomic mass is 10.0. The number of hydrogen-bond acceptors (Lipinski definition) is 5. The van der Waals surface area contributed by atoms with Crippen LogP contribution in [0.5, 0.6) is 0 Å². The van der Waals surface area contributed by atoms with Gasteiger partial charge in [-0.1, -0.05) is 264 Å². The molecule has 76 heavy (non-hydrogen) atoms. The van der Waals surface area contributed by atoms with Crippen molar-refractivity contribution < 1.29 is 32.9 Å². The van der Waals surface area contributed by atoms with Crippen LogP contribution in [0.15, 0.2) is 122 Å². The number of aliphatic hydroxyl groups excluding tert-OH is 1. The molecule has 0 radical (unpaired) electrons. The van der Waals surface area contributed by atoms with Gasteiger partial charge in [0.05, 0.1) is 39.9 Å². The number of quaternary nitrogens is 1. The third-order valence-corrected chi connectivity index (χ3v) is 14.1. The molecule has 0 aromatic heterocycles. The molecule has 0 heterocycles. The van der Waals surface area contributed by atoms with E-state index in [4.69, 9.17) is 9.05 Å². The first kappa shape index (κ1) is 72.9. The van der Waals surface area contributed by atoms with Crippen LogP contribution in [0.2, 0.25) is 0 Å². The summed E-state index contributed by atoms with van der Waals surface area (Å²) < 4.78 is 23.7. The van der Waals surface area contributed by atoms with Crippen molar-refractivity contribution in [2.45, 2.75) is 257 Å². The lowest BCUT2D eigenvalue weighted by Gasteiger charge is -2.25. The number of phosphoric ester groups is 1. The predicted octanol–water partition coefficient (Wildman–Crippen LogP) is 19.3. The molecule has 3 unspecified atom stereocenters. The van der Waals surface area contributed by atoms with Gasteiger partial charge in [0.2, 0.25) is 5.91 Å². The molecule has 0 aromatic rings. The lowest BCUT2D eigenvalue weighted by Crippen LogP contribution is -2.45. The fourth-order valence-corrected chi connectivity index (χ4v) is 9.09. The van der Waals surface area contributed by atoms with Crippen LogP contribution >= 0.6 is 7.82 Å². The molecular formula is C67H118N2O6P+. The van der Waals surface area contributed by atoms with Crippen molar-refractivity contribution in [2.75, 3.05) is 40.9 Å². The zero-order valence-electron chi connectivity index (χ0n) is 49.7. The zero-order valence-corrected chi connectivity index (χ0v) is 50.6. The summed E-state index contributed by atoms with van der Waals surface area (Å²) in [5.74, 6) is -0.252. The number of nitrogens with zero attached hydrogens (tertiary/aromatic N) is 1. The SMILES string of the molecule is CC/C=C\C/C=C\C/C=C\C/C=C\C/C=C\C/C=C\C/C=C\CCCC(=O)NC(COP(=O)(O)OCC[N+](C)(C)C)C(O)/C=C/CC/C=C/CC/C=C/CCCCCCCCCCCCCCCCCCCCCCC. The van der Waals surface area contributed by atoms with E-state index in [9.17, 15) is 19.4 Å². The maximum absolute atomic E-state index is 13.0. The summed E-state index contributed by atoms with van der Waals surface area (Å²) in [5, 5.41) is 13.9. The molecule has 0 rings (SSSR count). The number of unbranched alkanes of at least 4 members (excludes halogenated alkanes) is 24. The normalized spacial score (nSPS) is 14.7. The Bertz CT molecular complexity index is 1650. The van der Waals surface area contributed by atoms with Crippen LogP contribution in [0.4, 0.5) is 0 Å². The molecule has 0 fully saturated rings. The topological polar surface area (TPSA) is 105 Å². The van der Waals surface area contributed by atoms with E-state index in [0.717, 1.165) is 77.0 Å². The summed E-state index contributed by atoms with van der Waals surface area (Å²) in [6.45, 7) is 4.63. The third-order valence-electron chi connectivity index (χ3n) is 13.1. The molecule has 0 saturated heterocycles. The van der Waals surface area contributed by atoms with Crippen LogP contribution in [0.25, 0.3) is 0 Å². The fourth-order valence-electron chi connectivity index (χ4n) is 8.36. The van der Waals surface area contributed by atoms with E-state index in [2.05, 4.69) is 129 Å². The van der Waals surface area contributed by atoms with Gasteiger partial charge in [0, 0.05) is 6.42 Å². The van der Waals surface area contributed by atoms with Crippen LogP contribution in [0.3, 0.4) is 0 Å². The van der Waals surface area contributed by atoms with E-state index in [1.807, 2.05) is 27.2 Å². The highest BCUT2D eigenvalue weighted by molar-refractivity contribution is 7.47. The number of aliphatic hydroxyl groups is 1. The van der Waals surface area contributed by atoms with Gasteiger partial charge in [0.1, 0.15) is 13.2 Å². The van der Waals surface area contributed by atoms with Crippen molar-refractivity contribution >= 4 is 13.7 Å². The first-order chi connectivity index (χ1) is 37.0. The Balaban J connectivity index is 4.33.